The zero-order chi connectivity index (χ0) is 11.4. The second-order valence-corrected chi connectivity index (χ2v) is 4.24. The highest BCUT2D eigenvalue weighted by molar-refractivity contribution is 5.20. The van der Waals surface area contributed by atoms with Crippen LogP contribution in [0.1, 0.15) is 18.5 Å². The number of aliphatic hydroxyl groups is 1. The van der Waals surface area contributed by atoms with Crippen LogP contribution in [0, 0.1) is 0 Å². The van der Waals surface area contributed by atoms with E-state index in [9.17, 15) is 5.11 Å². The van der Waals surface area contributed by atoms with Crippen LogP contribution in [-0.2, 0) is 4.74 Å². The van der Waals surface area contributed by atoms with Crippen molar-refractivity contribution < 1.29 is 9.84 Å². The second kappa shape index (κ2) is 5.43. The Kier molecular flexibility index (Phi) is 3.93. The molecule has 1 fully saturated rings. The Balaban J connectivity index is 2.16. The van der Waals surface area contributed by atoms with Gasteiger partial charge in [-0.15, -0.1) is 0 Å². The van der Waals surface area contributed by atoms with Gasteiger partial charge in [0.05, 0.1) is 25.4 Å². The predicted octanol–water partition coefficient (Wildman–Crippen LogP) is 1.44. The lowest BCUT2D eigenvalue weighted by Gasteiger charge is -2.36. The number of hydrogen-bond donors (Lipinski definition) is 1. The minimum absolute atomic E-state index is 0.0881. The molecule has 0 bridgehead atoms. The van der Waals surface area contributed by atoms with Crippen LogP contribution in [0.4, 0.5) is 0 Å². The summed E-state index contributed by atoms with van der Waals surface area (Å²) < 4.78 is 5.34. The third kappa shape index (κ3) is 2.61. The van der Waals surface area contributed by atoms with Gasteiger partial charge in [0.1, 0.15) is 0 Å². The molecule has 1 aliphatic rings. The smallest absolute Gasteiger partial charge is 0.0708 e. The van der Waals surface area contributed by atoms with Crippen LogP contribution in [0.15, 0.2) is 30.3 Å². The highest BCUT2D eigenvalue weighted by atomic mass is 16.5. The van der Waals surface area contributed by atoms with Crippen molar-refractivity contribution in [1.29, 1.82) is 0 Å². The largest absolute Gasteiger partial charge is 0.391 e. The van der Waals surface area contributed by atoms with Gasteiger partial charge in [-0.25, -0.2) is 0 Å². The molecule has 2 unspecified atom stereocenters. The first-order valence-electron chi connectivity index (χ1n) is 5.84. The number of benzene rings is 1. The summed E-state index contributed by atoms with van der Waals surface area (Å²) >= 11 is 0. The summed E-state index contributed by atoms with van der Waals surface area (Å²) in [6, 6.07) is 10.3. The van der Waals surface area contributed by atoms with E-state index < -0.39 is 0 Å². The molecule has 1 N–H and O–H groups in total. The third-order valence-electron chi connectivity index (χ3n) is 3.04. The summed E-state index contributed by atoms with van der Waals surface area (Å²) in [5.74, 6) is 0. The maximum Gasteiger partial charge on any atom is 0.0708 e. The zero-order valence-corrected chi connectivity index (χ0v) is 9.67. The summed E-state index contributed by atoms with van der Waals surface area (Å²) in [5, 5.41) is 9.94. The molecule has 2 rings (SSSR count). The molecule has 0 spiro atoms. The molecule has 1 saturated heterocycles. The van der Waals surface area contributed by atoms with Crippen molar-refractivity contribution >= 4 is 0 Å². The third-order valence-corrected chi connectivity index (χ3v) is 3.04. The van der Waals surface area contributed by atoms with Crippen LogP contribution >= 0.6 is 0 Å². The van der Waals surface area contributed by atoms with Gasteiger partial charge in [-0.05, 0) is 12.5 Å². The molecule has 0 amide bonds. The average molecular weight is 221 g/mol. The SMILES string of the molecule is CC(O)C(c1ccccc1)N1CCOCC1. The van der Waals surface area contributed by atoms with E-state index in [-0.39, 0.29) is 12.1 Å². The molecule has 2 atom stereocenters. The molecule has 1 heterocycles. The van der Waals surface area contributed by atoms with Crippen LogP contribution in [0.3, 0.4) is 0 Å². The summed E-state index contributed by atoms with van der Waals surface area (Å²) in [6.07, 6.45) is -0.361. The van der Waals surface area contributed by atoms with Gasteiger partial charge in [-0.1, -0.05) is 30.3 Å². The fourth-order valence-corrected chi connectivity index (χ4v) is 2.30. The Morgan fingerprint density at radius 2 is 1.81 bits per heavy atom. The van der Waals surface area contributed by atoms with Gasteiger partial charge in [0.25, 0.3) is 0 Å². The topological polar surface area (TPSA) is 32.7 Å². The molecular formula is C13H19NO2. The van der Waals surface area contributed by atoms with Crippen LogP contribution in [0.2, 0.25) is 0 Å². The van der Waals surface area contributed by atoms with Crippen LogP contribution in [0.25, 0.3) is 0 Å². The standard InChI is InChI=1S/C13H19NO2/c1-11(15)13(12-5-3-2-4-6-12)14-7-9-16-10-8-14/h2-6,11,13,15H,7-10H2,1H3. The normalized spacial score (nSPS) is 21.6. The van der Waals surface area contributed by atoms with E-state index in [0.717, 1.165) is 26.3 Å². The molecule has 0 aromatic heterocycles. The van der Waals surface area contributed by atoms with Crippen LogP contribution in [-0.4, -0.2) is 42.4 Å². The Bertz CT molecular complexity index is 307. The summed E-state index contributed by atoms with van der Waals surface area (Å²) in [6.45, 7) is 5.16. The molecule has 1 aromatic carbocycles. The molecule has 0 radical (unpaired) electrons. The molecular weight excluding hydrogens is 202 g/mol. The predicted molar refractivity (Wildman–Crippen MR) is 63.3 cm³/mol. The first-order valence-corrected chi connectivity index (χ1v) is 5.84. The second-order valence-electron chi connectivity index (χ2n) is 4.24. The molecule has 3 heteroatoms. The van der Waals surface area contributed by atoms with E-state index in [4.69, 9.17) is 4.74 Å². The summed E-state index contributed by atoms with van der Waals surface area (Å²) in [5.41, 5.74) is 1.18. The van der Waals surface area contributed by atoms with Gasteiger partial charge in [-0.3, -0.25) is 4.90 Å². The van der Waals surface area contributed by atoms with Gasteiger partial charge >= 0.3 is 0 Å². The molecule has 1 aliphatic heterocycles. The van der Waals surface area contributed by atoms with Crippen molar-refractivity contribution in [2.24, 2.45) is 0 Å². The zero-order valence-electron chi connectivity index (χ0n) is 9.67. The summed E-state index contributed by atoms with van der Waals surface area (Å²) in [7, 11) is 0. The molecule has 88 valence electrons. The molecule has 0 aliphatic carbocycles. The van der Waals surface area contributed by atoms with E-state index >= 15 is 0 Å². The van der Waals surface area contributed by atoms with Crippen molar-refractivity contribution in [2.45, 2.75) is 19.1 Å². The van der Waals surface area contributed by atoms with E-state index in [1.165, 1.54) is 5.56 Å². The van der Waals surface area contributed by atoms with Gasteiger partial charge in [0.15, 0.2) is 0 Å². The number of hydrogen-bond acceptors (Lipinski definition) is 3. The summed E-state index contributed by atoms with van der Waals surface area (Å²) in [4.78, 5) is 2.30. The van der Waals surface area contributed by atoms with Crippen molar-refractivity contribution in [2.75, 3.05) is 26.3 Å². The lowest BCUT2D eigenvalue weighted by Crippen LogP contribution is -2.42. The quantitative estimate of drug-likeness (QED) is 0.838. The fourth-order valence-electron chi connectivity index (χ4n) is 2.30. The molecule has 16 heavy (non-hydrogen) atoms. The number of morpholine rings is 1. The van der Waals surface area contributed by atoms with Crippen molar-refractivity contribution in [3.63, 3.8) is 0 Å². The van der Waals surface area contributed by atoms with E-state index in [1.807, 2.05) is 25.1 Å². The van der Waals surface area contributed by atoms with E-state index in [0.29, 0.717) is 0 Å². The molecule has 0 saturated carbocycles. The highest BCUT2D eigenvalue weighted by Crippen LogP contribution is 2.24. The van der Waals surface area contributed by atoms with E-state index in [2.05, 4.69) is 17.0 Å². The lowest BCUT2D eigenvalue weighted by molar-refractivity contribution is -0.0180. The Morgan fingerprint density at radius 1 is 1.19 bits per heavy atom. The van der Waals surface area contributed by atoms with E-state index in [1.54, 1.807) is 0 Å². The first-order chi connectivity index (χ1) is 7.79. The first kappa shape index (κ1) is 11.6. The van der Waals surface area contributed by atoms with Gasteiger partial charge in [0, 0.05) is 13.1 Å². The number of nitrogens with zero attached hydrogens (tertiary/aromatic N) is 1. The molecule has 3 nitrogen and oxygen atoms in total. The number of ether oxygens (including phenoxy) is 1. The van der Waals surface area contributed by atoms with Crippen LogP contribution in [0.5, 0.6) is 0 Å². The van der Waals surface area contributed by atoms with Crippen LogP contribution < -0.4 is 0 Å². The Labute approximate surface area is 96.6 Å². The van der Waals surface area contributed by atoms with Gasteiger partial charge in [-0.2, -0.15) is 0 Å². The Morgan fingerprint density at radius 3 is 2.38 bits per heavy atom. The lowest BCUT2D eigenvalue weighted by atomic mass is 10.0. The minimum atomic E-state index is -0.361. The number of aliphatic hydroxyl groups excluding tert-OH is 1. The average Bonchev–Trinajstić information content (AvgIpc) is 2.31. The highest BCUT2D eigenvalue weighted by Gasteiger charge is 2.26. The van der Waals surface area contributed by atoms with Gasteiger partial charge in [0.2, 0.25) is 0 Å². The van der Waals surface area contributed by atoms with Gasteiger partial charge < -0.3 is 9.84 Å². The van der Waals surface area contributed by atoms with Crippen molar-refractivity contribution in [3.8, 4) is 0 Å². The fraction of sp³-hybridized carbons (Fsp3) is 0.538. The monoisotopic (exact) mass is 221 g/mol. The van der Waals surface area contributed by atoms with Crippen molar-refractivity contribution in [3.05, 3.63) is 35.9 Å². The maximum absolute atomic E-state index is 9.94. The number of rotatable bonds is 3. The minimum Gasteiger partial charge on any atom is -0.391 e. The molecule has 1 aromatic rings. The van der Waals surface area contributed by atoms with Crippen molar-refractivity contribution in [1.82, 2.24) is 4.90 Å². The maximum atomic E-state index is 9.94. The Hall–Kier alpha value is -0.900.